The van der Waals surface area contributed by atoms with Gasteiger partial charge in [0.1, 0.15) is 0 Å². The zero-order chi connectivity index (χ0) is 21.5. The molecule has 4 amide bonds. The van der Waals surface area contributed by atoms with Crippen molar-refractivity contribution in [2.24, 2.45) is 11.8 Å². The van der Waals surface area contributed by atoms with Crippen LogP contribution in [0.3, 0.4) is 0 Å². The van der Waals surface area contributed by atoms with E-state index in [1.165, 1.54) is 0 Å². The van der Waals surface area contributed by atoms with E-state index < -0.39 is 0 Å². The van der Waals surface area contributed by atoms with Gasteiger partial charge < -0.3 is 10.2 Å². The summed E-state index contributed by atoms with van der Waals surface area (Å²) in [6, 6.07) is 13.5. The summed E-state index contributed by atoms with van der Waals surface area (Å²) < 4.78 is 0. The fourth-order valence-corrected chi connectivity index (χ4v) is 4.37. The van der Waals surface area contributed by atoms with Crippen LogP contribution in [0.25, 0.3) is 0 Å². The van der Waals surface area contributed by atoms with Gasteiger partial charge in [-0.15, -0.1) is 0 Å². The number of likely N-dealkylation sites (tertiary alicyclic amines) is 1. The molecule has 2 aliphatic heterocycles. The van der Waals surface area contributed by atoms with Crippen molar-refractivity contribution < 1.29 is 19.2 Å². The van der Waals surface area contributed by atoms with E-state index >= 15 is 0 Å². The molecule has 158 valence electrons. The summed E-state index contributed by atoms with van der Waals surface area (Å²) in [7, 11) is 0. The van der Waals surface area contributed by atoms with E-state index in [1.807, 2.05) is 4.90 Å². The number of benzene rings is 2. The highest BCUT2D eigenvalue weighted by molar-refractivity contribution is 6.34. The molecule has 1 saturated carbocycles. The second-order valence-corrected chi connectivity index (χ2v) is 8.43. The number of carbonyl (C=O) groups excluding carboxylic acids is 4. The van der Waals surface area contributed by atoms with E-state index in [-0.39, 0.29) is 35.5 Å². The third-order valence-corrected chi connectivity index (χ3v) is 6.20. The Morgan fingerprint density at radius 2 is 1.58 bits per heavy atom. The van der Waals surface area contributed by atoms with Gasteiger partial charge in [0.15, 0.2) is 0 Å². The standard InChI is InChI=1S/C24H23N3O4/c28-21(16-5-4-12-26(14-16)22(29)15-10-11-15)25-17-6-3-7-18(13-17)27-23(30)19-8-1-2-9-20(19)24(27)31/h1-3,6-9,13,15-16H,4-5,10-12,14H2,(H,25,28). The number of piperidine rings is 1. The molecule has 0 radical (unpaired) electrons. The highest BCUT2D eigenvalue weighted by Gasteiger charge is 2.38. The van der Waals surface area contributed by atoms with Crippen molar-refractivity contribution >= 4 is 35.0 Å². The van der Waals surface area contributed by atoms with Crippen molar-refractivity contribution in [1.29, 1.82) is 0 Å². The van der Waals surface area contributed by atoms with Gasteiger partial charge >= 0.3 is 0 Å². The minimum atomic E-state index is -0.370. The summed E-state index contributed by atoms with van der Waals surface area (Å²) in [5.41, 5.74) is 1.69. The molecule has 1 N–H and O–H groups in total. The number of hydrogen-bond donors (Lipinski definition) is 1. The minimum absolute atomic E-state index is 0.146. The molecule has 1 saturated heterocycles. The molecular weight excluding hydrogens is 394 g/mol. The summed E-state index contributed by atoms with van der Waals surface area (Å²) in [4.78, 5) is 53.6. The third-order valence-electron chi connectivity index (χ3n) is 6.20. The second kappa shape index (κ2) is 7.65. The molecule has 1 atom stereocenters. The third kappa shape index (κ3) is 3.60. The van der Waals surface area contributed by atoms with Gasteiger partial charge in [0.05, 0.1) is 22.7 Å². The van der Waals surface area contributed by atoms with Crippen molar-refractivity contribution in [2.45, 2.75) is 25.7 Å². The molecule has 0 aromatic heterocycles. The van der Waals surface area contributed by atoms with Crippen LogP contribution in [0, 0.1) is 11.8 Å². The number of anilines is 2. The van der Waals surface area contributed by atoms with E-state index in [9.17, 15) is 19.2 Å². The number of imide groups is 1. The van der Waals surface area contributed by atoms with E-state index in [0.29, 0.717) is 35.6 Å². The Labute approximate surface area is 180 Å². The highest BCUT2D eigenvalue weighted by Crippen LogP contribution is 2.33. The van der Waals surface area contributed by atoms with E-state index in [0.717, 1.165) is 30.6 Å². The first-order chi connectivity index (χ1) is 15.0. The molecule has 31 heavy (non-hydrogen) atoms. The van der Waals surface area contributed by atoms with Crippen molar-refractivity contribution in [2.75, 3.05) is 23.3 Å². The lowest BCUT2D eigenvalue weighted by Gasteiger charge is -2.32. The Kier molecular flexibility index (Phi) is 4.81. The summed E-state index contributed by atoms with van der Waals surface area (Å²) in [5, 5.41) is 2.90. The van der Waals surface area contributed by atoms with Crippen LogP contribution in [0.1, 0.15) is 46.4 Å². The van der Waals surface area contributed by atoms with Crippen LogP contribution in [0.4, 0.5) is 11.4 Å². The maximum atomic E-state index is 12.9. The van der Waals surface area contributed by atoms with E-state index in [2.05, 4.69) is 5.32 Å². The second-order valence-electron chi connectivity index (χ2n) is 8.43. The number of hydrogen-bond acceptors (Lipinski definition) is 4. The molecule has 0 spiro atoms. The predicted molar refractivity (Wildman–Crippen MR) is 115 cm³/mol. The van der Waals surface area contributed by atoms with Crippen molar-refractivity contribution in [3.63, 3.8) is 0 Å². The SMILES string of the molecule is O=C(Nc1cccc(N2C(=O)c3ccccc3C2=O)c1)C1CCCN(C(=O)C2CC2)C1. The Balaban J connectivity index is 1.30. The summed E-state index contributed by atoms with van der Waals surface area (Å²) >= 11 is 0. The normalized spacial score (nSPS) is 20.6. The Bertz CT molecular complexity index is 1060. The maximum absolute atomic E-state index is 12.9. The van der Waals surface area contributed by atoms with Gasteiger partial charge in [0.2, 0.25) is 11.8 Å². The molecular formula is C24H23N3O4. The van der Waals surface area contributed by atoms with Gasteiger partial charge in [-0.3, -0.25) is 19.2 Å². The summed E-state index contributed by atoms with van der Waals surface area (Å²) in [6.45, 7) is 1.16. The summed E-state index contributed by atoms with van der Waals surface area (Å²) in [6.07, 6.45) is 3.46. The van der Waals surface area contributed by atoms with E-state index in [1.54, 1.807) is 48.5 Å². The fourth-order valence-electron chi connectivity index (χ4n) is 4.37. The monoisotopic (exact) mass is 417 g/mol. The molecule has 2 fully saturated rings. The lowest BCUT2D eigenvalue weighted by atomic mass is 9.96. The molecule has 7 heteroatoms. The van der Waals surface area contributed by atoms with Gasteiger partial charge in [-0.05, 0) is 56.0 Å². The van der Waals surface area contributed by atoms with Gasteiger partial charge in [0.25, 0.3) is 11.8 Å². The Morgan fingerprint density at radius 3 is 2.26 bits per heavy atom. The molecule has 2 aromatic carbocycles. The molecule has 1 unspecified atom stereocenters. The smallest absolute Gasteiger partial charge is 0.266 e. The maximum Gasteiger partial charge on any atom is 0.266 e. The zero-order valence-corrected chi connectivity index (χ0v) is 17.0. The lowest BCUT2D eigenvalue weighted by molar-refractivity contribution is -0.135. The average molecular weight is 417 g/mol. The molecule has 1 aliphatic carbocycles. The zero-order valence-electron chi connectivity index (χ0n) is 17.0. The topological polar surface area (TPSA) is 86.8 Å². The van der Waals surface area contributed by atoms with E-state index in [4.69, 9.17) is 0 Å². The van der Waals surface area contributed by atoms with Gasteiger partial charge in [-0.2, -0.15) is 0 Å². The molecule has 7 nitrogen and oxygen atoms in total. The summed E-state index contributed by atoms with van der Waals surface area (Å²) in [5.74, 6) is -0.827. The van der Waals surface area contributed by atoms with Crippen LogP contribution >= 0.6 is 0 Å². The number of nitrogens with one attached hydrogen (secondary N) is 1. The van der Waals surface area contributed by atoms with Crippen molar-refractivity contribution in [1.82, 2.24) is 4.90 Å². The molecule has 5 rings (SSSR count). The van der Waals surface area contributed by atoms with Gasteiger partial charge in [0, 0.05) is 24.7 Å². The highest BCUT2D eigenvalue weighted by atomic mass is 16.2. The number of rotatable bonds is 4. The van der Waals surface area contributed by atoms with Gasteiger partial charge in [-0.1, -0.05) is 18.2 Å². The molecule has 0 bridgehead atoms. The van der Waals surface area contributed by atoms with Crippen molar-refractivity contribution in [3.8, 4) is 0 Å². The Morgan fingerprint density at radius 1 is 0.871 bits per heavy atom. The largest absolute Gasteiger partial charge is 0.342 e. The first-order valence-electron chi connectivity index (χ1n) is 10.7. The lowest BCUT2D eigenvalue weighted by Crippen LogP contribution is -2.44. The fraction of sp³-hybridized carbons (Fsp3) is 0.333. The number of fused-ring (bicyclic) bond motifs is 1. The van der Waals surface area contributed by atoms with Crippen LogP contribution < -0.4 is 10.2 Å². The average Bonchev–Trinajstić information content (AvgIpc) is 3.61. The van der Waals surface area contributed by atoms with Crippen LogP contribution in [-0.4, -0.2) is 41.6 Å². The Hall–Kier alpha value is -3.48. The van der Waals surface area contributed by atoms with Crippen LogP contribution in [-0.2, 0) is 9.59 Å². The molecule has 2 aromatic rings. The van der Waals surface area contributed by atoms with Crippen LogP contribution in [0.5, 0.6) is 0 Å². The number of nitrogens with zero attached hydrogens (tertiary/aromatic N) is 2. The first-order valence-corrected chi connectivity index (χ1v) is 10.7. The van der Waals surface area contributed by atoms with Crippen molar-refractivity contribution in [3.05, 3.63) is 59.7 Å². The van der Waals surface area contributed by atoms with Crippen LogP contribution in [0.15, 0.2) is 48.5 Å². The predicted octanol–water partition coefficient (Wildman–Crippen LogP) is 3.07. The van der Waals surface area contributed by atoms with Crippen LogP contribution in [0.2, 0.25) is 0 Å². The molecule has 2 heterocycles. The van der Waals surface area contributed by atoms with Gasteiger partial charge in [-0.25, -0.2) is 4.90 Å². The number of amides is 4. The quantitative estimate of drug-likeness (QED) is 0.775. The molecule has 3 aliphatic rings. The first kappa shape index (κ1) is 19.5. The minimum Gasteiger partial charge on any atom is -0.342 e. The number of carbonyl (C=O) groups is 4.